The highest BCUT2D eigenvalue weighted by molar-refractivity contribution is 5.07. The predicted octanol–water partition coefficient (Wildman–Crippen LogP) is 2.50. The summed E-state index contributed by atoms with van der Waals surface area (Å²) in [4.78, 5) is 4.32. The van der Waals surface area contributed by atoms with Gasteiger partial charge in [0, 0.05) is 25.3 Å². The normalized spacial score (nSPS) is 26.7. The van der Waals surface area contributed by atoms with E-state index in [4.69, 9.17) is 10.5 Å². The van der Waals surface area contributed by atoms with Crippen LogP contribution in [0.25, 0.3) is 0 Å². The van der Waals surface area contributed by atoms with Gasteiger partial charge in [0.15, 0.2) is 0 Å². The minimum absolute atomic E-state index is 0.0774. The third-order valence-electron chi connectivity index (χ3n) is 4.74. The standard InChI is InChI=1S/C15H25N3O/c16-15(13-6-7-19-10-13)14-8-17-11-18(14)9-12-4-2-1-3-5-12/h8,11-13,15H,1-7,9-10,16H2. The maximum atomic E-state index is 6.41. The van der Waals surface area contributed by atoms with Crippen LogP contribution in [0.15, 0.2) is 12.5 Å². The van der Waals surface area contributed by atoms with Crippen LogP contribution < -0.4 is 5.73 Å². The third kappa shape index (κ3) is 3.00. The molecule has 1 aromatic heterocycles. The summed E-state index contributed by atoms with van der Waals surface area (Å²) in [5.74, 6) is 1.27. The van der Waals surface area contributed by atoms with Gasteiger partial charge in [0.25, 0.3) is 0 Å². The Kier molecular flexibility index (Phi) is 4.18. The minimum Gasteiger partial charge on any atom is -0.381 e. The molecule has 0 aromatic carbocycles. The summed E-state index contributed by atoms with van der Waals surface area (Å²) in [6.07, 6.45) is 11.9. The van der Waals surface area contributed by atoms with Crippen molar-refractivity contribution in [2.75, 3.05) is 13.2 Å². The third-order valence-corrected chi connectivity index (χ3v) is 4.74. The molecule has 2 unspecified atom stereocenters. The first-order valence-electron chi connectivity index (χ1n) is 7.68. The van der Waals surface area contributed by atoms with E-state index in [1.807, 2.05) is 12.5 Å². The average Bonchev–Trinajstić information content (AvgIpc) is 3.10. The van der Waals surface area contributed by atoms with Gasteiger partial charge in [-0.3, -0.25) is 0 Å². The second-order valence-electron chi connectivity index (χ2n) is 6.12. The fourth-order valence-corrected chi connectivity index (χ4v) is 3.49. The topological polar surface area (TPSA) is 53.1 Å². The van der Waals surface area contributed by atoms with Crippen LogP contribution in [0.3, 0.4) is 0 Å². The van der Waals surface area contributed by atoms with E-state index in [1.54, 1.807) is 0 Å². The molecule has 0 amide bonds. The van der Waals surface area contributed by atoms with Gasteiger partial charge in [-0.1, -0.05) is 19.3 Å². The molecule has 3 rings (SSSR count). The van der Waals surface area contributed by atoms with E-state index in [9.17, 15) is 0 Å². The maximum Gasteiger partial charge on any atom is 0.0948 e. The highest BCUT2D eigenvalue weighted by Crippen LogP contribution is 2.29. The van der Waals surface area contributed by atoms with E-state index >= 15 is 0 Å². The zero-order valence-electron chi connectivity index (χ0n) is 11.6. The van der Waals surface area contributed by atoms with Gasteiger partial charge < -0.3 is 15.0 Å². The van der Waals surface area contributed by atoms with Gasteiger partial charge in [-0.05, 0) is 25.2 Å². The fourth-order valence-electron chi connectivity index (χ4n) is 3.49. The lowest BCUT2D eigenvalue weighted by Crippen LogP contribution is -2.25. The molecule has 1 aromatic rings. The number of ether oxygens (including phenoxy) is 1. The molecule has 106 valence electrons. The fraction of sp³-hybridized carbons (Fsp3) is 0.800. The Labute approximate surface area is 115 Å². The van der Waals surface area contributed by atoms with Gasteiger partial charge in [-0.25, -0.2) is 4.98 Å². The van der Waals surface area contributed by atoms with Gasteiger partial charge in [-0.2, -0.15) is 0 Å². The number of nitrogens with two attached hydrogens (primary N) is 1. The van der Waals surface area contributed by atoms with E-state index < -0.39 is 0 Å². The van der Waals surface area contributed by atoms with Crippen LogP contribution in [0, 0.1) is 11.8 Å². The summed E-state index contributed by atoms with van der Waals surface area (Å²) in [7, 11) is 0. The summed E-state index contributed by atoms with van der Waals surface area (Å²) in [6, 6.07) is 0.0774. The molecule has 19 heavy (non-hydrogen) atoms. The summed E-state index contributed by atoms with van der Waals surface area (Å²) < 4.78 is 7.75. The number of rotatable bonds is 4. The summed E-state index contributed by atoms with van der Waals surface area (Å²) in [5, 5.41) is 0. The van der Waals surface area contributed by atoms with E-state index in [-0.39, 0.29) is 6.04 Å². The Hall–Kier alpha value is -0.870. The molecule has 0 radical (unpaired) electrons. The van der Waals surface area contributed by atoms with Crippen molar-refractivity contribution in [3.8, 4) is 0 Å². The van der Waals surface area contributed by atoms with Crippen LogP contribution in [-0.4, -0.2) is 22.8 Å². The van der Waals surface area contributed by atoms with Gasteiger partial charge in [-0.15, -0.1) is 0 Å². The number of nitrogens with zero attached hydrogens (tertiary/aromatic N) is 2. The Balaban J connectivity index is 1.66. The summed E-state index contributed by atoms with van der Waals surface area (Å²) in [5.41, 5.74) is 7.61. The molecule has 2 heterocycles. The van der Waals surface area contributed by atoms with Gasteiger partial charge in [0.1, 0.15) is 0 Å². The first-order valence-corrected chi connectivity index (χ1v) is 7.68. The highest BCUT2D eigenvalue weighted by Gasteiger charge is 2.27. The van der Waals surface area contributed by atoms with Crippen LogP contribution in [0.5, 0.6) is 0 Å². The zero-order valence-corrected chi connectivity index (χ0v) is 11.6. The lowest BCUT2D eigenvalue weighted by atomic mass is 9.89. The number of aromatic nitrogens is 2. The number of imidazole rings is 1. The van der Waals surface area contributed by atoms with E-state index in [1.165, 1.54) is 37.8 Å². The summed E-state index contributed by atoms with van der Waals surface area (Å²) in [6.45, 7) is 2.75. The van der Waals surface area contributed by atoms with Crippen LogP contribution in [0.2, 0.25) is 0 Å². The van der Waals surface area contributed by atoms with Crippen molar-refractivity contribution in [1.82, 2.24) is 9.55 Å². The number of hydrogen-bond donors (Lipinski definition) is 1. The molecule has 1 saturated heterocycles. The van der Waals surface area contributed by atoms with E-state index in [0.717, 1.165) is 32.1 Å². The maximum absolute atomic E-state index is 6.41. The first-order chi connectivity index (χ1) is 9.34. The summed E-state index contributed by atoms with van der Waals surface area (Å²) >= 11 is 0. The molecule has 4 heteroatoms. The molecule has 1 saturated carbocycles. The molecular formula is C15H25N3O. The van der Waals surface area contributed by atoms with Gasteiger partial charge in [0.2, 0.25) is 0 Å². The second kappa shape index (κ2) is 6.06. The van der Waals surface area contributed by atoms with Gasteiger partial charge in [0.05, 0.1) is 24.7 Å². The minimum atomic E-state index is 0.0774. The zero-order chi connectivity index (χ0) is 13.1. The van der Waals surface area contributed by atoms with Crippen molar-refractivity contribution >= 4 is 0 Å². The van der Waals surface area contributed by atoms with Crippen LogP contribution in [-0.2, 0) is 11.3 Å². The van der Waals surface area contributed by atoms with E-state index in [2.05, 4.69) is 9.55 Å². The molecule has 4 nitrogen and oxygen atoms in total. The van der Waals surface area contributed by atoms with Crippen LogP contribution in [0.4, 0.5) is 0 Å². The van der Waals surface area contributed by atoms with Crippen molar-refractivity contribution < 1.29 is 4.74 Å². The van der Waals surface area contributed by atoms with Crippen molar-refractivity contribution in [2.24, 2.45) is 17.6 Å². The quantitative estimate of drug-likeness (QED) is 0.908. The molecule has 0 spiro atoms. The Bertz CT molecular complexity index is 392. The van der Waals surface area contributed by atoms with E-state index in [0.29, 0.717) is 5.92 Å². The molecular weight excluding hydrogens is 238 g/mol. The molecule has 0 bridgehead atoms. The number of hydrogen-bond acceptors (Lipinski definition) is 3. The van der Waals surface area contributed by atoms with Crippen LogP contribution >= 0.6 is 0 Å². The molecule has 2 fully saturated rings. The lowest BCUT2D eigenvalue weighted by molar-refractivity contribution is 0.180. The Morgan fingerprint density at radius 1 is 1.32 bits per heavy atom. The molecule has 2 N–H and O–H groups in total. The monoisotopic (exact) mass is 263 g/mol. The molecule has 2 atom stereocenters. The Morgan fingerprint density at radius 2 is 2.16 bits per heavy atom. The molecule has 2 aliphatic rings. The van der Waals surface area contributed by atoms with Crippen molar-refractivity contribution in [2.45, 2.75) is 51.1 Å². The van der Waals surface area contributed by atoms with Crippen molar-refractivity contribution in [3.63, 3.8) is 0 Å². The van der Waals surface area contributed by atoms with Crippen LogP contribution in [0.1, 0.15) is 50.3 Å². The largest absolute Gasteiger partial charge is 0.381 e. The SMILES string of the molecule is NC(c1cncn1CC1CCCCC1)C1CCOC1. The average molecular weight is 263 g/mol. The second-order valence-corrected chi connectivity index (χ2v) is 6.12. The predicted molar refractivity (Wildman–Crippen MR) is 74.7 cm³/mol. The van der Waals surface area contributed by atoms with Crippen molar-refractivity contribution in [1.29, 1.82) is 0 Å². The highest BCUT2D eigenvalue weighted by atomic mass is 16.5. The Morgan fingerprint density at radius 3 is 2.89 bits per heavy atom. The lowest BCUT2D eigenvalue weighted by Gasteiger charge is -2.25. The smallest absolute Gasteiger partial charge is 0.0948 e. The van der Waals surface area contributed by atoms with Gasteiger partial charge >= 0.3 is 0 Å². The molecule has 1 aliphatic carbocycles. The first kappa shape index (κ1) is 13.1. The van der Waals surface area contributed by atoms with Crippen molar-refractivity contribution in [3.05, 3.63) is 18.2 Å². The molecule has 1 aliphatic heterocycles.